The lowest BCUT2D eigenvalue weighted by Crippen LogP contribution is -2.42. The normalized spacial score (nSPS) is 18.7. The van der Waals surface area contributed by atoms with Crippen LogP contribution in [0.15, 0.2) is 48.5 Å². The number of carboxylic acid groups (broad SMARTS) is 1. The van der Waals surface area contributed by atoms with E-state index in [0.29, 0.717) is 23.5 Å². The SMILES string of the molecule is Cc1nc(NC(=O)OCC2c3ccccc3-c3ccccc32)sc1C(=O)N1CCC(C)C1C(=O)O. The molecule has 2 unspecified atom stereocenters. The van der Waals surface area contributed by atoms with Crippen molar-refractivity contribution in [3.8, 4) is 11.1 Å². The number of carbonyl (C=O) groups excluding carboxylic acids is 2. The number of anilines is 1. The highest BCUT2D eigenvalue weighted by Gasteiger charge is 2.40. The van der Waals surface area contributed by atoms with Gasteiger partial charge in [0.25, 0.3) is 5.91 Å². The number of amides is 2. The lowest BCUT2D eigenvalue weighted by Gasteiger charge is -2.22. The van der Waals surface area contributed by atoms with Crippen molar-refractivity contribution in [3.05, 3.63) is 70.2 Å². The Morgan fingerprint density at radius 2 is 1.74 bits per heavy atom. The molecule has 2 amide bonds. The number of benzene rings is 2. The molecule has 1 aliphatic heterocycles. The molecule has 9 heteroatoms. The van der Waals surface area contributed by atoms with Crippen LogP contribution in [0.4, 0.5) is 9.93 Å². The first-order chi connectivity index (χ1) is 16.8. The van der Waals surface area contributed by atoms with Crippen LogP contribution in [-0.2, 0) is 9.53 Å². The van der Waals surface area contributed by atoms with E-state index in [2.05, 4.69) is 22.4 Å². The van der Waals surface area contributed by atoms with E-state index in [1.807, 2.05) is 43.3 Å². The van der Waals surface area contributed by atoms with Gasteiger partial charge in [-0.2, -0.15) is 0 Å². The summed E-state index contributed by atoms with van der Waals surface area (Å²) >= 11 is 1.03. The van der Waals surface area contributed by atoms with Gasteiger partial charge >= 0.3 is 12.1 Å². The summed E-state index contributed by atoms with van der Waals surface area (Å²) < 4.78 is 5.56. The van der Waals surface area contributed by atoms with E-state index in [4.69, 9.17) is 4.74 Å². The monoisotopic (exact) mass is 491 g/mol. The predicted molar refractivity (Wildman–Crippen MR) is 132 cm³/mol. The minimum Gasteiger partial charge on any atom is -0.480 e. The number of hydrogen-bond acceptors (Lipinski definition) is 6. The van der Waals surface area contributed by atoms with Crippen LogP contribution in [0.2, 0.25) is 0 Å². The summed E-state index contributed by atoms with van der Waals surface area (Å²) in [6, 6.07) is 15.3. The highest BCUT2D eigenvalue weighted by molar-refractivity contribution is 7.17. The largest absolute Gasteiger partial charge is 0.480 e. The summed E-state index contributed by atoms with van der Waals surface area (Å²) in [5.74, 6) is -1.57. The molecule has 2 aromatic carbocycles. The number of aliphatic carboxylic acids is 1. The van der Waals surface area contributed by atoms with Crippen LogP contribution in [0.1, 0.15) is 45.8 Å². The molecule has 0 radical (unpaired) electrons. The van der Waals surface area contributed by atoms with Crippen molar-refractivity contribution in [1.29, 1.82) is 0 Å². The number of carboxylic acids is 1. The fourth-order valence-corrected chi connectivity index (χ4v) is 5.96. The maximum atomic E-state index is 13.0. The first-order valence-corrected chi connectivity index (χ1v) is 12.3. The standard InChI is InChI=1S/C26H25N3O5S/c1-14-11-12-29(21(14)24(31)32)23(30)22-15(2)27-25(35-22)28-26(33)34-13-20-18-9-5-3-7-16(18)17-8-4-6-10-19(17)20/h3-10,14,20-21H,11-13H2,1-2H3,(H,31,32)(H,27,28,33). The molecule has 1 aromatic heterocycles. The van der Waals surface area contributed by atoms with Crippen molar-refractivity contribution in [3.63, 3.8) is 0 Å². The van der Waals surface area contributed by atoms with Crippen molar-refractivity contribution < 1.29 is 24.2 Å². The van der Waals surface area contributed by atoms with Crippen LogP contribution >= 0.6 is 11.3 Å². The van der Waals surface area contributed by atoms with Crippen LogP contribution in [0.25, 0.3) is 11.1 Å². The van der Waals surface area contributed by atoms with E-state index in [0.717, 1.165) is 33.6 Å². The number of thiazole rings is 1. The number of likely N-dealkylation sites (tertiary alicyclic amines) is 1. The Labute approximate surface area is 206 Å². The Kier molecular flexibility index (Phi) is 6.02. The van der Waals surface area contributed by atoms with Gasteiger partial charge in [-0.15, -0.1) is 0 Å². The zero-order valence-electron chi connectivity index (χ0n) is 19.4. The fourth-order valence-electron chi connectivity index (χ4n) is 5.05. The van der Waals surface area contributed by atoms with Crippen molar-refractivity contribution >= 4 is 34.4 Å². The van der Waals surface area contributed by atoms with Crippen LogP contribution in [0, 0.1) is 12.8 Å². The Morgan fingerprint density at radius 1 is 1.11 bits per heavy atom. The molecule has 180 valence electrons. The smallest absolute Gasteiger partial charge is 0.413 e. The number of aryl methyl sites for hydroxylation is 1. The third kappa shape index (κ3) is 4.16. The quantitative estimate of drug-likeness (QED) is 0.533. The molecular formula is C26H25N3O5S. The number of nitrogens with one attached hydrogen (secondary N) is 1. The van der Waals surface area contributed by atoms with Gasteiger partial charge in [0.1, 0.15) is 17.5 Å². The summed E-state index contributed by atoms with van der Waals surface area (Å²) in [5.41, 5.74) is 4.97. The second-order valence-electron chi connectivity index (χ2n) is 8.93. The molecule has 2 heterocycles. The molecule has 5 rings (SSSR count). The molecule has 1 aliphatic carbocycles. The molecule has 35 heavy (non-hydrogen) atoms. The molecule has 2 aliphatic rings. The van der Waals surface area contributed by atoms with Gasteiger partial charge in [-0.3, -0.25) is 10.1 Å². The number of ether oxygens (including phenoxy) is 1. The second-order valence-corrected chi connectivity index (χ2v) is 9.93. The summed E-state index contributed by atoms with van der Waals surface area (Å²) in [7, 11) is 0. The summed E-state index contributed by atoms with van der Waals surface area (Å²) in [6.07, 6.45) is -0.0244. The molecule has 1 saturated heterocycles. The molecule has 0 spiro atoms. The van der Waals surface area contributed by atoms with Gasteiger partial charge in [-0.1, -0.05) is 66.8 Å². The van der Waals surface area contributed by atoms with E-state index < -0.39 is 18.1 Å². The maximum absolute atomic E-state index is 13.0. The number of aromatic nitrogens is 1. The highest BCUT2D eigenvalue weighted by Crippen LogP contribution is 2.44. The van der Waals surface area contributed by atoms with E-state index in [9.17, 15) is 19.5 Å². The maximum Gasteiger partial charge on any atom is 0.413 e. The molecule has 8 nitrogen and oxygen atoms in total. The zero-order chi connectivity index (χ0) is 24.7. The number of carbonyl (C=O) groups is 3. The van der Waals surface area contributed by atoms with Crippen LogP contribution in [-0.4, -0.2) is 52.2 Å². The summed E-state index contributed by atoms with van der Waals surface area (Å²) in [5, 5.41) is 12.4. The third-order valence-corrected chi connectivity index (χ3v) is 7.82. The predicted octanol–water partition coefficient (Wildman–Crippen LogP) is 4.75. The second kappa shape index (κ2) is 9.14. The van der Waals surface area contributed by atoms with Crippen molar-refractivity contribution in [1.82, 2.24) is 9.88 Å². The van der Waals surface area contributed by atoms with Gasteiger partial charge in [0.2, 0.25) is 0 Å². The van der Waals surface area contributed by atoms with Gasteiger partial charge in [0, 0.05) is 12.5 Å². The Morgan fingerprint density at radius 3 is 2.37 bits per heavy atom. The molecule has 3 aromatic rings. The van der Waals surface area contributed by atoms with Gasteiger partial charge in [0.15, 0.2) is 5.13 Å². The molecular weight excluding hydrogens is 466 g/mol. The van der Waals surface area contributed by atoms with Crippen LogP contribution in [0.3, 0.4) is 0 Å². The summed E-state index contributed by atoms with van der Waals surface area (Å²) in [6.45, 7) is 4.04. The Balaban J connectivity index is 1.26. The van der Waals surface area contributed by atoms with Crippen LogP contribution in [0.5, 0.6) is 0 Å². The number of rotatable bonds is 5. The molecule has 1 fully saturated rings. The van der Waals surface area contributed by atoms with Crippen LogP contribution < -0.4 is 5.32 Å². The van der Waals surface area contributed by atoms with Crippen molar-refractivity contribution in [2.45, 2.75) is 32.2 Å². The Hall–Kier alpha value is -3.72. The van der Waals surface area contributed by atoms with Gasteiger partial charge < -0.3 is 14.7 Å². The van der Waals surface area contributed by atoms with Gasteiger partial charge in [-0.05, 0) is 41.5 Å². The average Bonchev–Trinajstić information content (AvgIpc) is 3.50. The first kappa shape index (κ1) is 23.0. The lowest BCUT2D eigenvalue weighted by molar-refractivity contribution is -0.142. The van der Waals surface area contributed by atoms with E-state index in [1.54, 1.807) is 6.92 Å². The number of fused-ring (bicyclic) bond motifs is 3. The lowest BCUT2D eigenvalue weighted by atomic mass is 9.98. The first-order valence-electron chi connectivity index (χ1n) is 11.5. The minimum absolute atomic E-state index is 0.0616. The number of hydrogen-bond donors (Lipinski definition) is 2. The highest BCUT2D eigenvalue weighted by atomic mass is 32.1. The zero-order valence-corrected chi connectivity index (χ0v) is 20.2. The molecule has 0 bridgehead atoms. The molecule has 2 N–H and O–H groups in total. The van der Waals surface area contributed by atoms with E-state index >= 15 is 0 Å². The average molecular weight is 492 g/mol. The fraction of sp³-hybridized carbons (Fsp3) is 0.308. The Bertz CT molecular complexity index is 1270. The van der Waals surface area contributed by atoms with Crippen molar-refractivity contribution in [2.24, 2.45) is 5.92 Å². The molecule has 0 saturated carbocycles. The van der Waals surface area contributed by atoms with E-state index in [1.165, 1.54) is 4.90 Å². The van der Waals surface area contributed by atoms with Gasteiger partial charge in [-0.25, -0.2) is 14.6 Å². The number of nitrogens with zero attached hydrogens (tertiary/aromatic N) is 2. The summed E-state index contributed by atoms with van der Waals surface area (Å²) in [4.78, 5) is 43.3. The third-order valence-electron chi connectivity index (χ3n) is 6.76. The minimum atomic E-state index is -1.01. The van der Waals surface area contributed by atoms with Crippen molar-refractivity contribution in [2.75, 3.05) is 18.5 Å². The topological polar surface area (TPSA) is 109 Å². The molecule has 2 atom stereocenters. The van der Waals surface area contributed by atoms with E-state index in [-0.39, 0.29) is 29.5 Å². The van der Waals surface area contributed by atoms with Gasteiger partial charge in [0.05, 0.1) is 5.69 Å².